The molecule has 0 fully saturated rings. The van der Waals surface area contributed by atoms with Crippen LogP contribution in [0.5, 0.6) is 5.75 Å². The van der Waals surface area contributed by atoms with Gasteiger partial charge in [0.1, 0.15) is 11.4 Å². The molecule has 2 aromatic rings. The van der Waals surface area contributed by atoms with Gasteiger partial charge in [-0.2, -0.15) is 5.11 Å². The van der Waals surface area contributed by atoms with E-state index in [0.717, 1.165) is 41.2 Å². The summed E-state index contributed by atoms with van der Waals surface area (Å²) in [6, 6.07) is 3.84. The van der Waals surface area contributed by atoms with Gasteiger partial charge in [-0.1, -0.05) is 38.5 Å². The van der Waals surface area contributed by atoms with Gasteiger partial charge in [-0.15, -0.1) is 0 Å². The molecule has 0 aliphatic carbocycles. The second-order valence-corrected chi connectivity index (χ2v) is 6.74. The number of nitrogens with zero attached hydrogens (tertiary/aromatic N) is 3. The van der Waals surface area contributed by atoms with Crippen molar-refractivity contribution in [3.63, 3.8) is 0 Å². The molecule has 0 aliphatic rings. The van der Waals surface area contributed by atoms with Gasteiger partial charge in [0, 0.05) is 19.7 Å². The van der Waals surface area contributed by atoms with Crippen molar-refractivity contribution in [1.29, 1.82) is 5.53 Å². The molecular weight excluding hydrogens is 308 g/mol. The molecule has 0 spiro atoms. The van der Waals surface area contributed by atoms with E-state index in [0.29, 0.717) is 11.4 Å². The van der Waals surface area contributed by atoms with Crippen LogP contribution >= 0.6 is 11.3 Å². The van der Waals surface area contributed by atoms with Crippen LogP contribution < -0.4 is 9.64 Å². The van der Waals surface area contributed by atoms with Gasteiger partial charge in [-0.25, -0.2) is 10.5 Å². The maximum Gasteiger partial charge on any atom is 0.186 e. The van der Waals surface area contributed by atoms with Gasteiger partial charge < -0.3 is 9.64 Å². The standard InChI is InChI=1S/C17H26N4OS/c1-5-8-9-21(4)17-19-14-10-15(22-12(6-2)7-3)13(20-18)11-16(14)23-17/h10-12,18H,5-9H2,1-4H3. The van der Waals surface area contributed by atoms with Gasteiger partial charge in [0.05, 0.1) is 16.3 Å². The number of thiazole rings is 1. The Morgan fingerprint density at radius 2 is 2.04 bits per heavy atom. The van der Waals surface area contributed by atoms with Gasteiger partial charge >= 0.3 is 0 Å². The Hall–Kier alpha value is -1.69. The predicted octanol–water partition coefficient (Wildman–Crippen LogP) is 5.76. The minimum Gasteiger partial charge on any atom is -0.488 e. The number of fused-ring (bicyclic) bond motifs is 1. The summed E-state index contributed by atoms with van der Waals surface area (Å²) in [7, 11) is 2.07. The van der Waals surface area contributed by atoms with Crippen LogP contribution in [0, 0.1) is 5.53 Å². The Balaban J connectivity index is 2.33. The van der Waals surface area contributed by atoms with Crippen molar-refractivity contribution < 1.29 is 4.74 Å². The largest absolute Gasteiger partial charge is 0.488 e. The first-order chi connectivity index (χ1) is 11.1. The lowest BCUT2D eigenvalue weighted by molar-refractivity contribution is 0.194. The zero-order valence-corrected chi connectivity index (χ0v) is 15.2. The number of ether oxygens (including phenoxy) is 1. The van der Waals surface area contributed by atoms with Crippen molar-refractivity contribution in [3.8, 4) is 5.75 Å². The van der Waals surface area contributed by atoms with E-state index in [9.17, 15) is 0 Å². The predicted molar refractivity (Wildman–Crippen MR) is 97.6 cm³/mol. The number of benzene rings is 1. The third kappa shape index (κ3) is 4.19. The second kappa shape index (κ2) is 8.24. The molecule has 2 rings (SSSR count). The van der Waals surface area contributed by atoms with Crippen LogP contribution in [0.3, 0.4) is 0 Å². The molecule has 0 aliphatic heterocycles. The number of hydrogen-bond acceptors (Lipinski definition) is 6. The second-order valence-electron chi connectivity index (χ2n) is 5.73. The van der Waals surface area contributed by atoms with Crippen molar-refractivity contribution in [2.75, 3.05) is 18.5 Å². The van der Waals surface area contributed by atoms with Crippen LogP contribution in [0.15, 0.2) is 17.2 Å². The molecule has 0 saturated heterocycles. The lowest BCUT2D eigenvalue weighted by atomic mass is 10.2. The first-order valence-corrected chi connectivity index (χ1v) is 9.14. The van der Waals surface area contributed by atoms with E-state index in [1.54, 1.807) is 11.3 Å². The lowest BCUT2D eigenvalue weighted by Crippen LogP contribution is -2.17. The Morgan fingerprint density at radius 3 is 2.65 bits per heavy atom. The molecule has 6 heteroatoms. The van der Waals surface area contributed by atoms with Crippen molar-refractivity contribution in [2.24, 2.45) is 5.11 Å². The number of anilines is 1. The first kappa shape index (κ1) is 17.7. The van der Waals surface area contributed by atoms with Gasteiger partial charge in [0.25, 0.3) is 0 Å². The minimum atomic E-state index is 0.151. The fourth-order valence-corrected chi connectivity index (χ4v) is 3.37. The number of hydrogen-bond donors (Lipinski definition) is 1. The summed E-state index contributed by atoms with van der Waals surface area (Å²) >= 11 is 1.64. The van der Waals surface area contributed by atoms with Gasteiger partial charge in [-0.05, 0) is 25.3 Å². The van der Waals surface area contributed by atoms with Crippen LogP contribution in [0.25, 0.3) is 10.2 Å². The molecule has 1 heterocycles. The molecular formula is C17H26N4OS. The van der Waals surface area contributed by atoms with Crippen molar-refractivity contribution in [3.05, 3.63) is 12.1 Å². The molecule has 0 amide bonds. The molecule has 126 valence electrons. The van der Waals surface area contributed by atoms with E-state index in [1.165, 1.54) is 6.42 Å². The highest BCUT2D eigenvalue weighted by molar-refractivity contribution is 7.22. The third-order valence-electron chi connectivity index (χ3n) is 3.96. The molecule has 1 aromatic heterocycles. The van der Waals surface area contributed by atoms with E-state index < -0.39 is 0 Å². The molecule has 0 bridgehead atoms. The van der Waals surface area contributed by atoms with Crippen LogP contribution in [0.4, 0.5) is 10.8 Å². The van der Waals surface area contributed by atoms with Crippen molar-refractivity contribution in [1.82, 2.24) is 4.98 Å². The molecule has 0 radical (unpaired) electrons. The Bertz CT molecular complexity index is 651. The molecule has 1 aromatic carbocycles. The third-order valence-corrected chi connectivity index (χ3v) is 5.09. The molecule has 0 unspecified atom stereocenters. The van der Waals surface area contributed by atoms with E-state index in [4.69, 9.17) is 15.3 Å². The van der Waals surface area contributed by atoms with Crippen LogP contribution in [-0.4, -0.2) is 24.7 Å². The summed E-state index contributed by atoms with van der Waals surface area (Å²) in [6.45, 7) is 7.40. The Kier molecular flexibility index (Phi) is 6.33. The number of aromatic nitrogens is 1. The fraction of sp³-hybridized carbons (Fsp3) is 0.588. The van der Waals surface area contributed by atoms with Gasteiger partial charge in [0.2, 0.25) is 0 Å². The molecule has 5 nitrogen and oxygen atoms in total. The molecule has 0 saturated carbocycles. The van der Waals surface area contributed by atoms with Crippen molar-refractivity contribution >= 4 is 32.4 Å². The maximum atomic E-state index is 7.42. The zero-order chi connectivity index (χ0) is 16.8. The average molecular weight is 334 g/mol. The molecule has 1 N–H and O–H groups in total. The molecule has 23 heavy (non-hydrogen) atoms. The molecule has 0 atom stereocenters. The summed E-state index contributed by atoms with van der Waals surface area (Å²) in [5.74, 6) is 0.661. The van der Waals surface area contributed by atoms with E-state index in [2.05, 4.69) is 37.8 Å². The quantitative estimate of drug-likeness (QED) is 0.593. The van der Waals surface area contributed by atoms with E-state index in [-0.39, 0.29) is 6.10 Å². The lowest BCUT2D eigenvalue weighted by Gasteiger charge is -2.16. The summed E-state index contributed by atoms with van der Waals surface area (Å²) in [5.41, 5.74) is 8.92. The van der Waals surface area contributed by atoms with Crippen molar-refractivity contribution in [2.45, 2.75) is 52.6 Å². The van der Waals surface area contributed by atoms with Crippen LogP contribution in [-0.2, 0) is 0 Å². The zero-order valence-electron chi connectivity index (χ0n) is 14.4. The van der Waals surface area contributed by atoms with Gasteiger partial charge in [-0.3, -0.25) is 0 Å². The van der Waals surface area contributed by atoms with E-state index >= 15 is 0 Å². The smallest absolute Gasteiger partial charge is 0.186 e. The fourth-order valence-electron chi connectivity index (χ4n) is 2.40. The highest BCUT2D eigenvalue weighted by Gasteiger charge is 2.15. The van der Waals surface area contributed by atoms with E-state index in [1.807, 2.05) is 12.1 Å². The minimum absolute atomic E-state index is 0.151. The number of unbranched alkanes of at least 4 members (excludes halogenated alkanes) is 1. The topological polar surface area (TPSA) is 61.6 Å². The van der Waals surface area contributed by atoms with Crippen LogP contribution in [0.1, 0.15) is 46.5 Å². The maximum absolute atomic E-state index is 7.42. The summed E-state index contributed by atoms with van der Waals surface area (Å²) in [6.07, 6.45) is 4.35. The summed E-state index contributed by atoms with van der Waals surface area (Å²) in [5, 5.41) is 4.64. The summed E-state index contributed by atoms with van der Waals surface area (Å²) < 4.78 is 7.06. The monoisotopic (exact) mass is 334 g/mol. The average Bonchev–Trinajstić information content (AvgIpc) is 2.99. The normalized spacial score (nSPS) is 11.2. The first-order valence-electron chi connectivity index (χ1n) is 8.32. The highest BCUT2D eigenvalue weighted by atomic mass is 32.1. The Morgan fingerprint density at radius 1 is 1.30 bits per heavy atom. The van der Waals surface area contributed by atoms with Crippen LogP contribution in [0.2, 0.25) is 0 Å². The highest BCUT2D eigenvalue weighted by Crippen LogP contribution is 2.38. The Labute approximate surface area is 142 Å². The number of nitrogens with one attached hydrogen (secondary N) is 1. The van der Waals surface area contributed by atoms with Gasteiger partial charge in [0.15, 0.2) is 5.13 Å². The summed E-state index contributed by atoms with van der Waals surface area (Å²) in [4.78, 5) is 6.91. The number of rotatable bonds is 9. The SMILES string of the molecule is CCCCN(C)c1nc2cc(OC(CC)CC)c(N=N)cc2s1.